The van der Waals surface area contributed by atoms with Gasteiger partial charge in [-0.25, -0.2) is 12.7 Å². The molecule has 1 aromatic rings. The third-order valence-electron chi connectivity index (χ3n) is 3.86. The average Bonchev–Trinajstić information content (AvgIpc) is 2.76. The molecule has 2 rings (SSSR count). The minimum Gasteiger partial charge on any atom is -0.463 e. The fourth-order valence-corrected chi connectivity index (χ4v) is 4.20. The maximum absolute atomic E-state index is 12.4. The van der Waals surface area contributed by atoms with E-state index in [1.165, 1.54) is 26.4 Å². The van der Waals surface area contributed by atoms with Crippen LogP contribution in [-0.2, 0) is 29.0 Å². The van der Waals surface area contributed by atoms with Crippen molar-refractivity contribution in [1.82, 2.24) is 4.31 Å². The van der Waals surface area contributed by atoms with E-state index in [1.807, 2.05) is 0 Å². The highest BCUT2D eigenvalue weighted by Crippen LogP contribution is 2.29. The zero-order valence-corrected chi connectivity index (χ0v) is 15.2. The summed E-state index contributed by atoms with van der Waals surface area (Å²) < 4.78 is 40.7. The summed E-state index contributed by atoms with van der Waals surface area (Å²) in [5.41, 5.74) is -0.891. The number of hydrogen-bond acceptors (Lipinski definition) is 7. The molecule has 0 saturated carbocycles. The number of fused-ring (bicyclic) bond motifs is 1. The number of methoxy groups -OCH3 is 2. The van der Waals surface area contributed by atoms with Gasteiger partial charge in [0, 0.05) is 14.2 Å². The van der Waals surface area contributed by atoms with E-state index >= 15 is 0 Å². The first-order chi connectivity index (χ1) is 11.8. The van der Waals surface area contributed by atoms with Gasteiger partial charge in [-0.2, -0.15) is 0 Å². The molecule has 0 bridgehead atoms. The molecule has 1 heterocycles. The normalized spacial score (nSPS) is 16.0. The largest absolute Gasteiger partial charge is 0.463 e. The van der Waals surface area contributed by atoms with Crippen LogP contribution in [0.3, 0.4) is 0 Å². The van der Waals surface area contributed by atoms with Crippen molar-refractivity contribution in [1.29, 1.82) is 0 Å². The number of hydrogen-bond donors (Lipinski definition) is 0. The molecule has 0 N–H and O–H groups in total. The Hall–Kier alpha value is -1.97. The van der Waals surface area contributed by atoms with E-state index in [0.717, 1.165) is 4.31 Å². The topological polar surface area (TPSA) is 99.2 Å². The van der Waals surface area contributed by atoms with Crippen molar-refractivity contribution in [2.75, 3.05) is 40.6 Å². The first kappa shape index (κ1) is 19.4. The molecule has 138 valence electrons. The third kappa shape index (κ3) is 3.68. The van der Waals surface area contributed by atoms with Crippen LogP contribution in [0.2, 0.25) is 0 Å². The highest BCUT2D eigenvalue weighted by atomic mass is 32.2. The van der Waals surface area contributed by atoms with E-state index < -0.39 is 27.3 Å². The second kappa shape index (κ2) is 7.51. The summed E-state index contributed by atoms with van der Waals surface area (Å²) in [6, 6.07) is 5.98. The lowest BCUT2D eigenvalue weighted by Gasteiger charge is -2.26. The smallest absolute Gasteiger partial charge is 0.316 e. The summed E-state index contributed by atoms with van der Waals surface area (Å²) in [4.78, 5) is 24.5. The van der Waals surface area contributed by atoms with E-state index in [9.17, 15) is 18.0 Å². The number of carbonyl (C=O) groups excluding carboxylic acids is 2. The molecular weight excluding hydrogens is 350 g/mol. The first-order valence-electron chi connectivity index (χ1n) is 7.59. The summed E-state index contributed by atoms with van der Waals surface area (Å²) in [6.07, 6.45) is 0. The second-order valence-corrected chi connectivity index (χ2v) is 7.77. The van der Waals surface area contributed by atoms with Crippen LogP contribution in [0.1, 0.15) is 17.3 Å². The van der Waals surface area contributed by atoms with Gasteiger partial charge in [-0.05, 0) is 19.1 Å². The maximum atomic E-state index is 12.4. The minimum atomic E-state index is -3.91. The van der Waals surface area contributed by atoms with Gasteiger partial charge in [0.15, 0.2) is 0 Å². The van der Waals surface area contributed by atoms with Gasteiger partial charge in [-0.3, -0.25) is 9.59 Å². The van der Waals surface area contributed by atoms with E-state index in [4.69, 9.17) is 14.2 Å². The molecule has 0 radical (unpaired) electrons. The van der Waals surface area contributed by atoms with Gasteiger partial charge in [0.2, 0.25) is 0 Å². The Bertz CT molecular complexity index is 754. The minimum absolute atomic E-state index is 0.0325. The molecule has 1 aromatic carbocycles. The Morgan fingerprint density at radius 2 is 1.76 bits per heavy atom. The van der Waals surface area contributed by atoms with Crippen LogP contribution in [0, 0.1) is 5.41 Å². The maximum Gasteiger partial charge on any atom is 0.316 e. The van der Waals surface area contributed by atoms with Gasteiger partial charge in [-0.1, -0.05) is 12.1 Å². The Morgan fingerprint density at radius 3 is 2.32 bits per heavy atom. The molecular formula is C16H21NO7S. The second-order valence-electron chi connectivity index (χ2n) is 5.94. The van der Waals surface area contributed by atoms with Crippen LogP contribution in [0.5, 0.6) is 0 Å². The number of ether oxygens (including phenoxy) is 3. The molecule has 1 amide bonds. The van der Waals surface area contributed by atoms with E-state index in [1.54, 1.807) is 19.1 Å². The van der Waals surface area contributed by atoms with Crippen LogP contribution >= 0.6 is 0 Å². The molecule has 0 aliphatic carbocycles. The average molecular weight is 371 g/mol. The highest BCUT2D eigenvalue weighted by Gasteiger charge is 2.41. The van der Waals surface area contributed by atoms with E-state index in [-0.39, 0.29) is 36.8 Å². The van der Waals surface area contributed by atoms with Gasteiger partial charge >= 0.3 is 5.97 Å². The molecule has 0 saturated heterocycles. The standard InChI is InChI=1S/C16H21NO7S/c1-16(10-22-2,11-23-3)15(19)24-9-8-17-14(18)12-6-4-5-7-13(12)25(17,20)21/h4-7H,8-11H2,1-3H3. The lowest BCUT2D eigenvalue weighted by atomic mass is 9.93. The summed E-state index contributed by atoms with van der Waals surface area (Å²) >= 11 is 0. The van der Waals surface area contributed by atoms with Gasteiger partial charge in [0.05, 0.1) is 25.3 Å². The first-order valence-corrected chi connectivity index (χ1v) is 9.03. The van der Waals surface area contributed by atoms with Crippen LogP contribution in [0.4, 0.5) is 0 Å². The Balaban J connectivity index is 2.03. The molecule has 0 aromatic heterocycles. The molecule has 0 unspecified atom stereocenters. The number of rotatable bonds is 8. The van der Waals surface area contributed by atoms with Gasteiger partial charge in [0.25, 0.3) is 15.9 Å². The molecule has 25 heavy (non-hydrogen) atoms. The zero-order valence-electron chi connectivity index (χ0n) is 14.4. The molecule has 9 heteroatoms. The zero-order chi connectivity index (χ0) is 18.7. The van der Waals surface area contributed by atoms with Crippen molar-refractivity contribution in [2.24, 2.45) is 5.41 Å². The van der Waals surface area contributed by atoms with E-state index in [0.29, 0.717) is 0 Å². The van der Waals surface area contributed by atoms with Crippen LogP contribution in [0.15, 0.2) is 29.2 Å². The van der Waals surface area contributed by atoms with Crippen molar-refractivity contribution in [3.8, 4) is 0 Å². The summed E-state index contributed by atoms with van der Waals surface area (Å²) in [5.74, 6) is -1.21. The van der Waals surface area contributed by atoms with Gasteiger partial charge in [-0.15, -0.1) is 0 Å². The fraction of sp³-hybridized carbons (Fsp3) is 0.500. The number of carbonyl (C=O) groups is 2. The monoisotopic (exact) mass is 371 g/mol. The Labute approximate surface area is 146 Å². The van der Waals surface area contributed by atoms with Crippen LogP contribution < -0.4 is 0 Å². The number of esters is 1. The Morgan fingerprint density at radius 1 is 1.16 bits per heavy atom. The molecule has 0 fully saturated rings. The molecule has 1 aliphatic heterocycles. The van der Waals surface area contributed by atoms with Crippen LogP contribution in [-0.4, -0.2) is 65.2 Å². The highest BCUT2D eigenvalue weighted by molar-refractivity contribution is 7.90. The quantitative estimate of drug-likeness (QED) is 0.619. The summed E-state index contributed by atoms with van der Waals surface area (Å²) in [6.45, 7) is 1.30. The van der Waals surface area contributed by atoms with Crippen molar-refractivity contribution < 1.29 is 32.2 Å². The number of benzene rings is 1. The number of nitrogens with zero attached hydrogens (tertiary/aromatic N) is 1. The van der Waals surface area contributed by atoms with Crippen molar-refractivity contribution in [2.45, 2.75) is 11.8 Å². The summed E-state index contributed by atoms with van der Waals surface area (Å²) in [5, 5.41) is 0. The van der Waals surface area contributed by atoms with Crippen molar-refractivity contribution in [3.63, 3.8) is 0 Å². The predicted octanol–water partition coefficient (Wildman–Crippen LogP) is 0.673. The Kier molecular flexibility index (Phi) is 5.81. The number of amides is 1. The third-order valence-corrected chi connectivity index (χ3v) is 5.70. The number of sulfonamides is 1. The van der Waals surface area contributed by atoms with E-state index in [2.05, 4.69) is 0 Å². The molecule has 0 atom stereocenters. The molecule has 1 aliphatic rings. The lowest BCUT2D eigenvalue weighted by Crippen LogP contribution is -2.40. The van der Waals surface area contributed by atoms with Gasteiger partial charge < -0.3 is 14.2 Å². The van der Waals surface area contributed by atoms with Crippen molar-refractivity contribution >= 4 is 21.9 Å². The van der Waals surface area contributed by atoms with Crippen molar-refractivity contribution in [3.05, 3.63) is 29.8 Å². The predicted molar refractivity (Wildman–Crippen MR) is 87.5 cm³/mol. The summed E-state index contributed by atoms with van der Waals surface area (Å²) in [7, 11) is -1.00. The SMILES string of the molecule is COCC(C)(COC)C(=O)OCCN1C(=O)c2ccccc2S1(=O)=O. The fourth-order valence-electron chi connectivity index (χ4n) is 2.64. The molecule has 8 nitrogen and oxygen atoms in total. The van der Waals surface area contributed by atoms with Crippen LogP contribution in [0.25, 0.3) is 0 Å². The molecule has 0 spiro atoms. The van der Waals surface area contributed by atoms with Gasteiger partial charge in [0.1, 0.15) is 16.9 Å². The lowest BCUT2D eigenvalue weighted by molar-refractivity contribution is -0.161.